The number of carbonyl (C=O) groups excluding carboxylic acids is 1. The molecule has 80 valence electrons. The fourth-order valence-electron chi connectivity index (χ4n) is 1.35. The molecule has 0 aromatic heterocycles. The first-order chi connectivity index (χ1) is 6.41. The van der Waals surface area contributed by atoms with Crippen LogP contribution in [0.15, 0.2) is 12.7 Å². The maximum atomic E-state index is 10.9. The van der Waals surface area contributed by atoms with E-state index < -0.39 is 0 Å². The van der Waals surface area contributed by atoms with E-state index in [1.165, 1.54) is 6.08 Å². The standard InChI is InChI=1S/C11H18O3/c1-5-9(12)14-8-11(6-13-7-11)10(2,3)4/h5H,1,6-8H2,2-4H3. The molecule has 3 heteroatoms. The van der Waals surface area contributed by atoms with E-state index in [4.69, 9.17) is 9.47 Å². The van der Waals surface area contributed by atoms with Crippen molar-refractivity contribution in [1.82, 2.24) is 0 Å². The largest absolute Gasteiger partial charge is 0.462 e. The summed E-state index contributed by atoms with van der Waals surface area (Å²) in [6.45, 7) is 11.5. The summed E-state index contributed by atoms with van der Waals surface area (Å²) >= 11 is 0. The van der Waals surface area contributed by atoms with Gasteiger partial charge in [-0.05, 0) is 5.41 Å². The lowest BCUT2D eigenvalue weighted by atomic mass is 9.65. The predicted molar refractivity (Wildman–Crippen MR) is 53.9 cm³/mol. The average Bonchev–Trinajstić information content (AvgIpc) is 1.99. The third-order valence-electron chi connectivity index (χ3n) is 3.01. The smallest absolute Gasteiger partial charge is 0.330 e. The van der Waals surface area contributed by atoms with Crippen LogP contribution in [0.1, 0.15) is 20.8 Å². The highest BCUT2D eigenvalue weighted by Gasteiger charge is 2.49. The van der Waals surface area contributed by atoms with Crippen molar-refractivity contribution >= 4 is 5.97 Å². The summed E-state index contributed by atoms with van der Waals surface area (Å²) in [7, 11) is 0. The molecule has 1 heterocycles. The Bertz CT molecular complexity index is 233. The Labute approximate surface area is 85.1 Å². The molecule has 0 aromatic rings. The van der Waals surface area contributed by atoms with Gasteiger partial charge in [0.1, 0.15) is 6.61 Å². The fraction of sp³-hybridized carbons (Fsp3) is 0.727. The van der Waals surface area contributed by atoms with E-state index in [2.05, 4.69) is 27.4 Å². The fourth-order valence-corrected chi connectivity index (χ4v) is 1.35. The summed E-state index contributed by atoms with van der Waals surface area (Å²) in [5.41, 5.74) is 0.0678. The molecule has 0 saturated carbocycles. The molecule has 1 saturated heterocycles. The Morgan fingerprint density at radius 1 is 1.57 bits per heavy atom. The number of carbonyl (C=O) groups is 1. The molecule has 0 aromatic carbocycles. The van der Waals surface area contributed by atoms with Crippen molar-refractivity contribution < 1.29 is 14.3 Å². The van der Waals surface area contributed by atoms with Gasteiger partial charge in [0, 0.05) is 6.08 Å². The van der Waals surface area contributed by atoms with E-state index in [-0.39, 0.29) is 16.8 Å². The van der Waals surface area contributed by atoms with Gasteiger partial charge in [0.15, 0.2) is 0 Å². The van der Waals surface area contributed by atoms with Crippen LogP contribution in [0.25, 0.3) is 0 Å². The third kappa shape index (κ3) is 1.98. The number of ether oxygens (including phenoxy) is 2. The van der Waals surface area contributed by atoms with Crippen molar-refractivity contribution in [1.29, 1.82) is 0 Å². The molecule has 0 atom stereocenters. The molecular formula is C11H18O3. The molecule has 0 amide bonds. The monoisotopic (exact) mass is 198 g/mol. The van der Waals surface area contributed by atoms with Crippen LogP contribution in [0.5, 0.6) is 0 Å². The first-order valence-corrected chi connectivity index (χ1v) is 4.78. The van der Waals surface area contributed by atoms with Gasteiger partial charge in [-0.2, -0.15) is 0 Å². The van der Waals surface area contributed by atoms with Crippen LogP contribution in [0.2, 0.25) is 0 Å². The second kappa shape index (κ2) is 3.73. The molecule has 0 radical (unpaired) electrons. The summed E-state index contributed by atoms with van der Waals surface area (Å²) in [6.07, 6.45) is 1.19. The molecule has 1 aliphatic rings. The van der Waals surface area contributed by atoms with Crippen molar-refractivity contribution in [3.05, 3.63) is 12.7 Å². The van der Waals surface area contributed by atoms with Crippen LogP contribution in [0.3, 0.4) is 0 Å². The molecule has 3 nitrogen and oxygen atoms in total. The lowest BCUT2D eigenvalue weighted by Crippen LogP contribution is -2.55. The summed E-state index contributed by atoms with van der Waals surface area (Å²) in [4.78, 5) is 10.9. The zero-order chi connectivity index (χ0) is 10.8. The Balaban J connectivity index is 2.55. The number of hydrogen-bond acceptors (Lipinski definition) is 3. The molecule has 1 fully saturated rings. The highest BCUT2D eigenvalue weighted by Crippen LogP contribution is 2.44. The molecule has 14 heavy (non-hydrogen) atoms. The van der Waals surface area contributed by atoms with Crippen molar-refractivity contribution in [2.24, 2.45) is 10.8 Å². The minimum absolute atomic E-state index is 0.0222. The van der Waals surface area contributed by atoms with Crippen molar-refractivity contribution in [2.45, 2.75) is 20.8 Å². The van der Waals surface area contributed by atoms with Gasteiger partial charge < -0.3 is 9.47 Å². The maximum Gasteiger partial charge on any atom is 0.330 e. The molecule has 0 N–H and O–H groups in total. The summed E-state index contributed by atoms with van der Waals surface area (Å²) in [5.74, 6) is -0.361. The van der Waals surface area contributed by atoms with Gasteiger partial charge in [0.2, 0.25) is 0 Å². The molecule has 0 aliphatic carbocycles. The van der Waals surface area contributed by atoms with Gasteiger partial charge in [-0.1, -0.05) is 27.4 Å². The molecule has 0 spiro atoms. The lowest BCUT2D eigenvalue weighted by molar-refractivity contribution is -0.200. The second-order valence-electron chi connectivity index (χ2n) is 4.83. The Kier molecular flexibility index (Phi) is 3.00. The summed E-state index contributed by atoms with van der Waals surface area (Å²) in [6, 6.07) is 0. The topological polar surface area (TPSA) is 35.5 Å². The van der Waals surface area contributed by atoms with Gasteiger partial charge in [-0.15, -0.1) is 0 Å². The zero-order valence-electron chi connectivity index (χ0n) is 9.13. The van der Waals surface area contributed by atoms with Gasteiger partial charge in [-0.3, -0.25) is 0 Å². The van der Waals surface area contributed by atoms with E-state index >= 15 is 0 Å². The van der Waals surface area contributed by atoms with Gasteiger partial charge in [-0.25, -0.2) is 4.79 Å². The second-order valence-corrected chi connectivity index (χ2v) is 4.83. The van der Waals surface area contributed by atoms with Crippen LogP contribution in [-0.4, -0.2) is 25.8 Å². The highest BCUT2D eigenvalue weighted by molar-refractivity contribution is 5.81. The lowest BCUT2D eigenvalue weighted by Gasteiger charge is -2.50. The molecule has 0 bridgehead atoms. The summed E-state index contributed by atoms with van der Waals surface area (Å²) in [5, 5.41) is 0. The Hall–Kier alpha value is -0.830. The molecule has 1 rings (SSSR count). The number of rotatable bonds is 3. The normalized spacial score (nSPS) is 19.6. The Morgan fingerprint density at radius 3 is 2.43 bits per heavy atom. The highest BCUT2D eigenvalue weighted by atomic mass is 16.5. The maximum absolute atomic E-state index is 10.9. The van der Waals surface area contributed by atoms with E-state index in [1.54, 1.807) is 0 Å². The quantitative estimate of drug-likeness (QED) is 0.512. The van der Waals surface area contributed by atoms with Crippen LogP contribution in [0.4, 0.5) is 0 Å². The molecule has 1 aliphatic heterocycles. The van der Waals surface area contributed by atoms with E-state index in [0.29, 0.717) is 19.8 Å². The average molecular weight is 198 g/mol. The van der Waals surface area contributed by atoms with Gasteiger partial charge in [0.05, 0.1) is 18.6 Å². The van der Waals surface area contributed by atoms with Crippen molar-refractivity contribution in [2.75, 3.05) is 19.8 Å². The van der Waals surface area contributed by atoms with Crippen molar-refractivity contribution in [3.8, 4) is 0 Å². The van der Waals surface area contributed by atoms with E-state index in [1.807, 2.05) is 0 Å². The predicted octanol–water partition coefficient (Wildman–Crippen LogP) is 1.78. The van der Waals surface area contributed by atoms with Gasteiger partial charge in [0.25, 0.3) is 0 Å². The minimum Gasteiger partial charge on any atom is -0.462 e. The number of esters is 1. The van der Waals surface area contributed by atoms with Crippen LogP contribution >= 0.6 is 0 Å². The van der Waals surface area contributed by atoms with Crippen LogP contribution in [0, 0.1) is 10.8 Å². The SMILES string of the molecule is C=CC(=O)OCC1(C(C)(C)C)COC1. The first-order valence-electron chi connectivity index (χ1n) is 4.78. The van der Waals surface area contributed by atoms with Crippen molar-refractivity contribution in [3.63, 3.8) is 0 Å². The third-order valence-corrected chi connectivity index (χ3v) is 3.01. The first kappa shape index (κ1) is 11.2. The van der Waals surface area contributed by atoms with Gasteiger partial charge >= 0.3 is 5.97 Å². The molecule has 0 unspecified atom stereocenters. The molecular weight excluding hydrogens is 180 g/mol. The minimum atomic E-state index is -0.361. The zero-order valence-corrected chi connectivity index (χ0v) is 9.13. The van der Waals surface area contributed by atoms with Crippen LogP contribution in [-0.2, 0) is 14.3 Å². The Morgan fingerprint density at radius 2 is 2.14 bits per heavy atom. The van der Waals surface area contributed by atoms with E-state index in [9.17, 15) is 4.79 Å². The van der Waals surface area contributed by atoms with Crippen LogP contribution < -0.4 is 0 Å². The summed E-state index contributed by atoms with van der Waals surface area (Å²) < 4.78 is 10.3. The van der Waals surface area contributed by atoms with E-state index in [0.717, 1.165) is 0 Å². The number of hydrogen-bond donors (Lipinski definition) is 0.